The lowest BCUT2D eigenvalue weighted by atomic mass is 10.2. The van der Waals surface area contributed by atoms with Crippen molar-refractivity contribution in [2.24, 2.45) is 0 Å². The number of amides is 2. The van der Waals surface area contributed by atoms with Crippen LogP contribution in [0.15, 0.2) is 24.4 Å². The zero-order valence-electron chi connectivity index (χ0n) is 17.4. The average molecular weight is 479 g/mol. The van der Waals surface area contributed by atoms with E-state index in [9.17, 15) is 14.7 Å². The molecule has 1 aromatic carbocycles. The van der Waals surface area contributed by atoms with Crippen LogP contribution < -0.4 is 14.5 Å². The number of hydrogen-bond acceptors (Lipinski definition) is 10. The summed E-state index contributed by atoms with van der Waals surface area (Å²) in [5, 5.41) is 18.7. The van der Waals surface area contributed by atoms with Crippen LogP contribution in [-0.2, 0) is 9.53 Å². The number of carbonyl (C=O) groups is 2. The topological polar surface area (TPSA) is 129 Å². The molecule has 2 N–H and O–H groups in total. The van der Waals surface area contributed by atoms with Crippen LogP contribution in [0.4, 0.5) is 20.6 Å². The smallest absolute Gasteiger partial charge is 0.414 e. The second-order valence-corrected chi connectivity index (χ2v) is 8.73. The number of aliphatic hydroxyl groups excluding tert-OH is 2. The summed E-state index contributed by atoms with van der Waals surface area (Å²) in [7, 11) is 0. The van der Waals surface area contributed by atoms with Crippen molar-refractivity contribution in [2.45, 2.75) is 30.7 Å². The summed E-state index contributed by atoms with van der Waals surface area (Å²) in [5.74, 6) is -0.643. The Labute approximate surface area is 192 Å². The van der Waals surface area contributed by atoms with Crippen molar-refractivity contribution in [1.29, 1.82) is 0 Å². The minimum atomic E-state index is -1.43. The van der Waals surface area contributed by atoms with Crippen LogP contribution in [0.5, 0.6) is 5.88 Å². The molecule has 2 bridgehead atoms. The molecule has 0 aliphatic carbocycles. The van der Waals surface area contributed by atoms with Gasteiger partial charge >= 0.3 is 6.09 Å². The number of likely N-dealkylation sites (tertiary alicyclic amines) is 1. The number of nitrogens with zero attached hydrogens (tertiary/aromatic N) is 5. The fraction of sp³-hybridized carbons (Fsp3) is 0.500. The third-order valence-electron chi connectivity index (χ3n) is 6.23. The van der Waals surface area contributed by atoms with Gasteiger partial charge in [0.1, 0.15) is 31.3 Å². The van der Waals surface area contributed by atoms with Gasteiger partial charge in [-0.25, -0.2) is 9.18 Å². The second kappa shape index (κ2) is 8.72. The quantitative estimate of drug-likeness (QED) is 0.573. The Morgan fingerprint density at radius 1 is 1.36 bits per heavy atom. The molecule has 1 aromatic heterocycles. The first-order chi connectivity index (χ1) is 16.0. The van der Waals surface area contributed by atoms with Gasteiger partial charge in [-0.2, -0.15) is 4.37 Å². The molecule has 3 fully saturated rings. The van der Waals surface area contributed by atoms with Crippen LogP contribution in [0.1, 0.15) is 6.42 Å². The van der Waals surface area contributed by atoms with Gasteiger partial charge in [0.25, 0.3) is 5.91 Å². The molecule has 5 rings (SSSR count). The summed E-state index contributed by atoms with van der Waals surface area (Å²) in [5.41, 5.74) is 0.742. The van der Waals surface area contributed by atoms with Gasteiger partial charge in [0, 0.05) is 19.1 Å². The van der Waals surface area contributed by atoms with E-state index >= 15 is 4.39 Å². The Kier molecular flexibility index (Phi) is 5.76. The Morgan fingerprint density at radius 2 is 2.21 bits per heavy atom. The number of hydrogen-bond donors (Lipinski definition) is 2. The van der Waals surface area contributed by atoms with Crippen LogP contribution >= 0.6 is 11.7 Å². The Bertz CT molecular complexity index is 1040. The van der Waals surface area contributed by atoms with E-state index in [0.717, 1.165) is 11.7 Å². The summed E-state index contributed by atoms with van der Waals surface area (Å²) in [6, 6.07) is 3.89. The number of anilines is 2. The lowest BCUT2D eigenvalue weighted by Gasteiger charge is -2.36. The number of aromatic nitrogens is 2. The molecule has 4 atom stereocenters. The van der Waals surface area contributed by atoms with Crippen LogP contribution in [0.3, 0.4) is 0 Å². The Balaban J connectivity index is 1.28. The summed E-state index contributed by atoms with van der Waals surface area (Å²) in [6.45, 7) is 0.386. The monoisotopic (exact) mass is 479 g/mol. The molecule has 2 amide bonds. The molecule has 3 aliphatic heterocycles. The maximum absolute atomic E-state index is 15.2. The lowest BCUT2D eigenvalue weighted by Crippen LogP contribution is -2.52. The fourth-order valence-corrected chi connectivity index (χ4v) is 5.05. The number of benzene rings is 1. The zero-order valence-corrected chi connectivity index (χ0v) is 18.2. The highest BCUT2D eigenvalue weighted by Gasteiger charge is 2.47. The number of cyclic esters (lactones) is 1. The minimum Gasteiger partial charge on any atom is -0.474 e. The van der Waals surface area contributed by atoms with E-state index < -0.39 is 36.6 Å². The summed E-state index contributed by atoms with van der Waals surface area (Å²) >= 11 is 1.01. The molecule has 176 valence electrons. The lowest BCUT2D eigenvalue weighted by molar-refractivity contribution is -0.143. The molecular weight excluding hydrogens is 457 g/mol. The number of rotatable bonds is 7. The molecule has 13 heteroatoms. The first kappa shape index (κ1) is 21.8. The van der Waals surface area contributed by atoms with Crippen LogP contribution in [-0.4, -0.2) is 93.0 Å². The van der Waals surface area contributed by atoms with Gasteiger partial charge in [0.2, 0.25) is 5.88 Å². The van der Waals surface area contributed by atoms with Gasteiger partial charge < -0.3 is 29.5 Å². The molecule has 33 heavy (non-hydrogen) atoms. The van der Waals surface area contributed by atoms with Gasteiger partial charge in [-0.1, -0.05) is 0 Å². The molecule has 11 nitrogen and oxygen atoms in total. The molecule has 0 saturated carbocycles. The van der Waals surface area contributed by atoms with E-state index in [1.807, 2.05) is 4.90 Å². The summed E-state index contributed by atoms with van der Waals surface area (Å²) < 4.78 is 33.7. The van der Waals surface area contributed by atoms with E-state index in [0.29, 0.717) is 36.8 Å². The highest BCUT2D eigenvalue weighted by Crippen LogP contribution is 2.37. The third kappa shape index (κ3) is 3.96. The molecule has 0 radical (unpaired) electrons. The third-order valence-corrected chi connectivity index (χ3v) is 6.69. The summed E-state index contributed by atoms with van der Waals surface area (Å²) in [4.78, 5) is 29.3. The van der Waals surface area contributed by atoms with Crippen molar-refractivity contribution in [1.82, 2.24) is 13.6 Å². The van der Waals surface area contributed by atoms with Crippen molar-refractivity contribution in [2.75, 3.05) is 42.7 Å². The first-order valence-electron chi connectivity index (χ1n) is 10.5. The number of carbonyl (C=O) groups excluding carboxylic acids is 2. The molecule has 3 saturated heterocycles. The van der Waals surface area contributed by atoms with E-state index in [-0.39, 0.29) is 25.3 Å². The highest BCUT2D eigenvalue weighted by atomic mass is 32.1. The summed E-state index contributed by atoms with van der Waals surface area (Å²) in [6.07, 6.45) is 0.125. The van der Waals surface area contributed by atoms with E-state index in [2.05, 4.69) is 8.75 Å². The van der Waals surface area contributed by atoms with Crippen molar-refractivity contribution in [3.63, 3.8) is 0 Å². The first-order valence-corrected chi connectivity index (χ1v) is 11.2. The van der Waals surface area contributed by atoms with Crippen molar-refractivity contribution >= 4 is 35.1 Å². The Morgan fingerprint density at radius 3 is 2.88 bits per heavy atom. The minimum absolute atomic E-state index is 0.0881. The maximum Gasteiger partial charge on any atom is 0.414 e. The molecule has 3 aliphatic rings. The van der Waals surface area contributed by atoms with Gasteiger partial charge in [-0.15, -0.1) is 4.37 Å². The van der Waals surface area contributed by atoms with E-state index in [1.54, 1.807) is 17.0 Å². The number of ether oxygens (including phenoxy) is 2. The van der Waals surface area contributed by atoms with E-state index in [1.165, 1.54) is 17.2 Å². The predicted octanol–water partition coefficient (Wildman–Crippen LogP) is 0.224. The highest BCUT2D eigenvalue weighted by molar-refractivity contribution is 6.99. The van der Waals surface area contributed by atoms with Crippen LogP contribution in [0, 0.1) is 5.82 Å². The molecule has 0 spiro atoms. The second-order valence-electron chi connectivity index (χ2n) is 8.18. The molecule has 2 aromatic rings. The molecule has 4 heterocycles. The zero-order chi connectivity index (χ0) is 23.1. The van der Waals surface area contributed by atoms with E-state index in [4.69, 9.17) is 14.6 Å². The normalized spacial score (nSPS) is 25.0. The van der Waals surface area contributed by atoms with Crippen LogP contribution in [0.2, 0.25) is 0 Å². The predicted molar refractivity (Wildman–Crippen MR) is 114 cm³/mol. The van der Waals surface area contributed by atoms with Gasteiger partial charge in [-0.3, -0.25) is 9.69 Å². The standard InChI is InChI=1S/C20H22FN5O6S/c21-15-4-11(26-14(10-32-20(26)30)9-31-18-5-22-33-23-18)1-2-16(15)24-6-13-3-12(24)7-25(13)19(29)17(28)8-27/h1-2,4-5,12-14,17,27-28H,3,6-10H2/t12-,13-,14+,17-/m0/s1. The van der Waals surface area contributed by atoms with Gasteiger partial charge in [-0.05, 0) is 24.6 Å². The van der Waals surface area contributed by atoms with Gasteiger partial charge in [0.15, 0.2) is 6.10 Å². The average Bonchev–Trinajstić information content (AvgIpc) is 3.61. The van der Waals surface area contributed by atoms with Crippen LogP contribution in [0.25, 0.3) is 0 Å². The van der Waals surface area contributed by atoms with Crippen molar-refractivity contribution in [3.8, 4) is 5.88 Å². The molecule has 0 unspecified atom stereocenters. The van der Waals surface area contributed by atoms with Crippen molar-refractivity contribution < 1.29 is 33.7 Å². The van der Waals surface area contributed by atoms with Gasteiger partial charge in [0.05, 0.1) is 35.8 Å². The number of halogens is 1. The molecular formula is C20H22FN5O6S. The number of aliphatic hydroxyl groups is 2. The fourth-order valence-electron chi connectivity index (χ4n) is 4.68. The van der Waals surface area contributed by atoms with Crippen molar-refractivity contribution in [3.05, 3.63) is 30.2 Å². The number of piperazine rings is 1. The SMILES string of the molecule is O=C([C@@H](O)CO)N1C[C@@H]2C[C@H]1CN2c1ccc(N2C(=O)OC[C@H]2COc2cnsn2)cc1F. The largest absolute Gasteiger partial charge is 0.474 e. The maximum atomic E-state index is 15.2. The Hall–Kier alpha value is -3.03. The number of fused-ring (bicyclic) bond motifs is 2.